The van der Waals surface area contributed by atoms with Crippen LogP contribution in [0.4, 0.5) is 27.9 Å². The van der Waals surface area contributed by atoms with Gasteiger partial charge in [-0.3, -0.25) is 15.0 Å². The average Bonchev–Trinajstić information content (AvgIpc) is 3.22. The molecule has 0 bridgehead atoms. The summed E-state index contributed by atoms with van der Waals surface area (Å²) in [6.07, 6.45) is -3.98. The van der Waals surface area contributed by atoms with Gasteiger partial charge in [-0.15, -0.1) is 0 Å². The van der Waals surface area contributed by atoms with Crippen LogP contribution in [0.3, 0.4) is 0 Å². The zero-order valence-electron chi connectivity index (χ0n) is 20.2. The highest BCUT2D eigenvalue weighted by Crippen LogP contribution is 2.30. The van der Waals surface area contributed by atoms with Gasteiger partial charge in [0.1, 0.15) is 6.10 Å². The molecule has 4 atom stereocenters. The highest BCUT2D eigenvalue weighted by atomic mass is 19.4. The summed E-state index contributed by atoms with van der Waals surface area (Å²) in [5.41, 5.74) is 4.23. The molecule has 206 valence electrons. The lowest BCUT2D eigenvalue weighted by atomic mass is 9.96. The molecule has 4 rings (SSSR count). The predicted octanol–water partition coefficient (Wildman–Crippen LogP) is 1.16. The van der Waals surface area contributed by atoms with Gasteiger partial charge in [-0.05, 0) is 19.8 Å². The van der Waals surface area contributed by atoms with Crippen LogP contribution in [-0.4, -0.2) is 89.9 Å². The number of halogens is 5. The third-order valence-corrected chi connectivity index (χ3v) is 6.91. The molecule has 0 aliphatic carbocycles. The van der Waals surface area contributed by atoms with Crippen molar-refractivity contribution in [1.29, 1.82) is 0 Å². The average molecular weight is 536 g/mol. The first-order chi connectivity index (χ1) is 17.5. The minimum atomic E-state index is -4.69. The number of amides is 2. The number of hydrogen-bond donors (Lipinski definition) is 3. The van der Waals surface area contributed by atoms with Crippen LogP contribution in [0.25, 0.3) is 0 Å². The zero-order valence-corrected chi connectivity index (χ0v) is 20.2. The Balaban J connectivity index is 1.23. The molecule has 4 heterocycles. The second-order valence-electron chi connectivity index (χ2n) is 9.54. The Bertz CT molecular complexity index is 944. The van der Waals surface area contributed by atoms with Gasteiger partial charge in [-0.25, -0.2) is 24.2 Å². The van der Waals surface area contributed by atoms with Crippen molar-refractivity contribution in [1.82, 2.24) is 31.0 Å². The number of nitrogens with zero attached hydrogens (tertiary/aromatic N) is 4. The van der Waals surface area contributed by atoms with E-state index >= 15 is 0 Å². The third kappa shape index (κ3) is 6.44. The van der Waals surface area contributed by atoms with Crippen LogP contribution in [-0.2, 0) is 14.3 Å². The number of carbonyl (C=O) groups excluding carboxylic acids is 2. The molecule has 3 aliphatic heterocycles. The van der Waals surface area contributed by atoms with Gasteiger partial charge in [0.25, 0.3) is 12.3 Å². The van der Waals surface area contributed by atoms with E-state index < -0.39 is 42.6 Å². The largest absolute Gasteiger partial charge is 0.402 e. The number of anilines is 1. The molecule has 3 fully saturated rings. The highest BCUT2D eigenvalue weighted by molar-refractivity contribution is 5.83. The van der Waals surface area contributed by atoms with Crippen molar-refractivity contribution in [3.05, 3.63) is 18.0 Å². The number of aromatic nitrogens is 2. The lowest BCUT2D eigenvalue weighted by Crippen LogP contribution is -2.65. The van der Waals surface area contributed by atoms with Crippen LogP contribution >= 0.6 is 0 Å². The Kier molecular flexibility index (Phi) is 8.43. The summed E-state index contributed by atoms with van der Waals surface area (Å²) in [5, 5.41) is 2.80. The first-order valence-electron chi connectivity index (χ1n) is 12.2. The second kappa shape index (κ2) is 11.4. The summed E-state index contributed by atoms with van der Waals surface area (Å²) in [6, 6.07) is -1.69. The maximum atomic E-state index is 13.3. The quantitative estimate of drug-likeness (QED) is 0.426. The number of ether oxygens (including phenoxy) is 1. The summed E-state index contributed by atoms with van der Waals surface area (Å²) in [7, 11) is 0. The second-order valence-corrected chi connectivity index (χ2v) is 9.54. The van der Waals surface area contributed by atoms with Crippen LogP contribution < -0.4 is 21.1 Å². The molecule has 2 unspecified atom stereocenters. The molecule has 0 radical (unpaired) electrons. The third-order valence-electron chi connectivity index (χ3n) is 6.91. The van der Waals surface area contributed by atoms with Crippen LogP contribution in [0, 0.1) is 5.92 Å². The number of hydrogen-bond acceptors (Lipinski definition) is 8. The van der Waals surface area contributed by atoms with E-state index in [4.69, 9.17) is 4.74 Å². The van der Waals surface area contributed by atoms with Gasteiger partial charge < -0.3 is 19.9 Å². The fourth-order valence-electron chi connectivity index (χ4n) is 5.01. The molecule has 0 aromatic carbocycles. The van der Waals surface area contributed by atoms with Crippen LogP contribution in [0.1, 0.15) is 38.2 Å². The molecule has 3 N–H and O–H groups in total. The number of carbonyl (C=O) groups is 2. The first kappa shape index (κ1) is 27.4. The van der Waals surface area contributed by atoms with Gasteiger partial charge >= 0.3 is 6.18 Å². The molecule has 15 heteroatoms. The normalized spacial score (nSPS) is 26.6. The highest BCUT2D eigenvalue weighted by Gasteiger charge is 2.51. The van der Waals surface area contributed by atoms with Crippen LogP contribution in [0.2, 0.25) is 0 Å². The monoisotopic (exact) mass is 535 g/mol. The Morgan fingerprint density at radius 3 is 2.43 bits per heavy atom. The van der Waals surface area contributed by atoms with Crippen LogP contribution in [0.15, 0.2) is 12.4 Å². The maximum absolute atomic E-state index is 13.3. The molecule has 2 amide bonds. The van der Waals surface area contributed by atoms with Gasteiger partial charge in [-0.1, -0.05) is 0 Å². The smallest absolute Gasteiger partial charge is 0.367 e. The van der Waals surface area contributed by atoms with Crippen molar-refractivity contribution >= 4 is 17.8 Å². The molecule has 37 heavy (non-hydrogen) atoms. The molecule has 10 nitrogen and oxygen atoms in total. The fourth-order valence-corrected chi connectivity index (χ4v) is 5.01. The minimum absolute atomic E-state index is 0.00685. The SMILES string of the molecule is C[C@@H](CO[C@@H]1CCN(C2CCN(c3ncc(C(F)F)cn3)CC2)C1=O)NC1CNNC(=O)C1C(F)(F)F. The van der Waals surface area contributed by atoms with E-state index in [0.717, 1.165) is 12.4 Å². The molecule has 3 aliphatic rings. The maximum Gasteiger partial charge on any atom is 0.402 e. The molecule has 0 saturated carbocycles. The Morgan fingerprint density at radius 1 is 1.14 bits per heavy atom. The van der Waals surface area contributed by atoms with Gasteiger partial charge in [0.15, 0.2) is 5.92 Å². The number of piperidine rings is 1. The van der Waals surface area contributed by atoms with E-state index in [9.17, 15) is 31.5 Å². The minimum Gasteiger partial charge on any atom is -0.367 e. The summed E-state index contributed by atoms with van der Waals surface area (Å²) in [6.45, 7) is 3.20. The van der Waals surface area contributed by atoms with E-state index in [-0.39, 0.29) is 30.7 Å². The molecule has 3 saturated heterocycles. The number of alkyl halides is 5. The zero-order chi connectivity index (χ0) is 26.7. The molecular formula is C22H30F5N7O3. The molecule has 0 spiro atoms. The topological polar surface area (TPSA) is 112 Å². The van der Waals surface area contributed by atoms with E-state index in [0.29, 0.717) is 44.8 Å². The van der Waals surface area contributed by atoms with Crippen molar-refractivity contribution in [3.63, 3.8) is 0 Å². The lowest BCUT2D eigenvalue weighted by Gasteiger charge is -2.36. The van der Waals surface area contributed by atoms with Crippen molar-refractivity contribution in [2.45, 2.75) is 63.0 Å². The predicted molar refractivity (Wildman–Crippen MR) is 120 cm³/mol. The summed E-state index contributed by atoms with van der Waals surface area (Å²) in [4.78, 5) is 36.4. The Morgan fingerprint density at radius 2 is 1.81 bits per heavy atom. The van der Waals surface area contributed by atoms with Crippen molar-refractivity contribution < 1.29 is 36.3 Å². The number of nitrogens with one attached hydrogen (secondary N) is 3. The molecule has 1 aromatic heterocycles. The van der Waals surface area contributed by atoms with E-state index in [1.165, 1.54) is 0 Å². The van der Waals surface area contributed by atoms with Crippen molar-refractivity contribution in [2.24, 2.45) is 5.92 Å². The van der Waals surface area contributed by atoms with Gasteiger partial charge in [0.2, 0.25) is 11.9 Å². The summed E-state index contributed by atoms with van der Waals surface area (Å²) in [5.74, 6) is -3.11. The lowest BCUT2D eigenvalue weighted by molar-refractivity contribution is -0.193. The number of rotatable bonds is 8. The standard InChI is InChI=1S/C22H30F5N7O3/c1-12(31-15-10-30-32-19(35)17(15)22(25,26)27)11-37-16-4-7-34(20(16)36)14-2-5-33(6-3-14)21-28-8-13(9-29-21)18(23)24/h8-9,12,14-18,30-31H,2-7,10-11H2,1H3,(H,32,35)/t12-,15?,16+,17?/m0/s1. The number of hydrazine groups is 1. The van der Waals surface area contributed by atoms with Crippen molar-refractivity contribution in [2.75, 3.05) is 37.7 Å². The first-order valence-corrected chi connectivity index (χ1v) is 12.2. The molecular weight excluding hydrogens is 505 g/mol. The van der Waals surface area contributed by atoms with E-state index in [2.05, 4.69) is 20.7 Å². The fraction of sp³-hybridized carbons (Fsp3) is 0.727. The molecule has 1 aromatic rings. The number of likely N-dealkylation sites (tertiary alicyclic amines) is 1. The summed E-state index contributed by atoms with van der Waals surface area (Å²) >= 11 is 0. The van der Waals surface area contributed by atoms with Crippen molar-refractivity contribution in [3.8, 4) is 0 Å². The van der Waals surface area contributed by atoms with E-state index in [1.807, 2.05) is 10.3 Å². The van der Waals surface area contributed by atoms with Gasteiger partial charge in [-0.2, -0.15) is 13.2 Å². The van der Waals surface area contributed by atoms with E-state index in [1.54, 1.807) is 11.8 Å². The Hall–Kier alpha value is -2.65. The Labute approximate surface area is 210 Å². The van der Waals surface area contributed by atoms with Gasteiger partial charge in [0.05, 0.1) is 12.2 Å². The van der Waals surface area contributed by atoms with Crippen LogP contribution in [0.5, 0.6) is 0 Å². The summed E-state index contributed by atoms with van der Waals surface area (Å²) < 4.78 is 71.1. The van der Waals surface area contributed by atoms with Gasteiger partial charge in [0, 0.05) is 63.1 Å².